The van der Waals surface area contributed by atoms with E-state index in [1.165, 1.54) is 0 Å². The summed E-state index contributed by atoms with van der Waals surface area (Å²) in [5.74, 6) is 0.143. The molecule has 0 saturated heterocycles. The van der Waals surface area contributed by atoms with Gasteiger partial charge in [-0.2, -0.15) is 0 Å². The average molecular weight is 212 g/mol. The van der Waals surface area contributed by atoms with Gasteiger partial charge in [0.15, 0.2) is 0 Å². The van der Waals surface area contributed by atoms with E-state index in [1.54, 1.807) is 19.0 Å². The first-order valence-electron chi connectivity index (χ1n) is 4.54. The van der Waals surface area contributed by atoms with Crippen molar-refractivity contribution in [1.82, 2.24) is 4.90 Å². The van der Waals surface area contributed by atoms with Crippen molar-refractivity contribution in [3.63, 3.8) is 0 Å². The molecule has 0 N–H and O–H groups in total. The molecule has 0 bridgehead atoms. The van der Waals surface area contributed by atoms with Crippen LogP contribution in [0.2, 0.25) is 5.02 Å². The number of halogens is 1. The Morgan fingerprint density at radius 2 is 2.14 bits per heavy atom. The number of aryl methyl sites for hydroxylation is 1. The van der Waals surface area contributed by atoms with Gasteiger partial charge in [-0.1, -0.05) is 23.7 Å². The predicted molar refractivity (Wildman–Crippen MR) is 58.5 cm³/mol. The molecule has 2 nitrogen and oxygen atoms in total. The molecular formula is C11H14ClNO. The zero-order valence-electron chi connectivity index (χ0n) is 8.46. The van der Waals surface area contributed by atoms with Crippen molar-refractivity contribution in [3.8, 4) is 0 Å². The van der Waals surface area contributed by atoms with Crippen LogP contribution in [0.15, 0.2) is 24.3 Å². The fourth-order valence-corrected chi connectivity index (χ4v) is 1.38. The molecule has 76 valence electrons. The van der Waals surface area contributed by atoms with Gasteiger partial charge in [0.25, 0.3) is 0 Å². The second-order valence-corrected chi connectivity index (χ2v) is 3.85. The third kappa shape index (κ3) is 3.38. The predicted octanol–water partition coefficient (Wildman–Crippen LogP) is 2.36. The van der Waals surface area contributed by atoms with Crippen molar-refractivity contribution in [2.45, 2.75) is 12.8 Å². The summed E-state index contributed by atoms with van der Waals surface area (Å²) >= 11 is 5.83. The Morgan fingerprint density at radius 3 is 2.71 bits per heavy atom. The van der Waals surface area contributed by atoms with Crippen molar-refractivity contribution in [2.24, 2.45) is 0 Å². The monoisotopic (exact) mass is 211 g/mol. The van der Waals surface area contributed by atoms with Gasteiger partial charge in [-0.3, -0.25) is 4.79 Å². The maximum atomic E-state index is 11.3. The van der Waals surface area contributed by atoms with E-state index in [1.807, 2.05) is 24.3 Å². The molecule has 1 rings (SSSR count). The molecule has 0 atom stereocenters. The molecular weight excluding hydrogens is 198 g/mol. The van der Waals surface area contributed by atoms with Gasteiger partial charge in [0.1, 0.15) is 0 Å². The van der Waals surface area contributed by atoms with Gasteiger partial charge in [-0.05, 0) is 24.1 Å². The molecule has 1 aromatic carbocycles. The Morgan fingerprint density at radius 1 is 1.43 bits per heavy atom. The third-order valence-electron chi connectivity index (χ3n) is 2.02. The summed E-state index contributed by atoms with van der Waals surface area (Å²) in [4.78, 5) is 12.9. The summed E-state index contributed by atoms with van der Waals surface area (Å²) in [6, 6.07) is 7.61. The largest absolute Gasteiger partial charge is 0.349 e. The molecule has 14 heavy (non-hydrogen) atoms. The zero-order chi connectivity index (χ0) is 10.6. The van der Waals surface area contributed by atoms with Crippen molar-refractivity contribution < 1.29 is 4.79 Å². The van der Waals surface area contributed by atoms with E-state index in [0.29, 0.717) is 6.42 Å². The summed E-state index contributed by atoms with van der Waals surface area (Å²) < 4.78 is 0. The molecule has 0 heterocycles. The van der Waals surface area contributed by atoms with E-state index in [-0.39, 0.29) is 5.91 Å². The Kier molecular flexibility index (Phi) is 3.96. The molecule has 1 amide bonds. The second-order valence-electron chi connectivity index (χ2n) is 3.42. The van der Waals surface area contributed by atoms with Gasteiger partial charge < -0.3 is 4.90 Å². The van der Waals surface area contributed by atoms with Gasteiger partial charge in [-0.25, -0.2) is 0 Å². The highest BCUT2D eigenvalue weighted by Gasteiger charge is 2.03. The van der Waals surface area contributed by atoms with Crippen LogP contribution >= 0.6 is 11.6 Å². The van der Waals surface area contributed by atoms with E-state index >= 15 is 0 Å². The summed E-state index contributed by atoms with van der Waals surface area (Å²) in [5.41, 5.74) is 1.10. The number of hydrogen-bond donors (Lipinski definition) is 0. The van der Waals surface area contributed by atoms with Crippen molar-refractivity contribution in [2.75, 3.05) is 14.1 Å². The van der Waals surface area contributed by atoms with Crippen LogP contribution in [0.1, 0.15) is 12.0 Å². The minimum Gasteiger partial charge on any atom is -0.349 e. The van der Waals surface area contributed by atoms with Crippen LogP contribution < -0.4 is 0 Å². The quantitative estimate of drug-likeness (QED) is 0.752. The van der Waals surface area contributed by atoms with Gasteiger partial charge in [0, 0.05) is 25.5 Å². The second kappa shape index (κ2) is 5.01. The van der Waals surface area contributed by atoms with Gasteiger partial charge in [0.05, 0.1) is 0 Å². The molecule has 0 unspecified atom stereocenters. The van der Waals surface area contributed by atoms with Crippen LogP contribution in [0.5, 0.6) is 0 Å². The Hall–Kier alpha value is -1.02. The van der Waals surface area contributed by atoms with E-state index in [0.717, 1.165) is 17.0 Å². The maximum absolute atomic E-state index is 11.3. The van der Waals surface area contributed by atoms with Crippen LogP contribution in [0.3, 0.4) is 0 Å². The molecule has 0 fully saturated rings. The first kappa shape index (κ1) is 11.1. The van der Waals surface area contributed by atoms with E-state index in [9.17, 15) is 4.79 Å². The molecule has 0 spiro atoms. The number of rotatable bonds is 3. The van der Waals surface area contributed by atoms with Crippen molar-refractivity contribution in [3.05, 3.63) is 34.9 Å². The van der Waals surface area contributed by atoms with Crippen molar-refractivity contribution in [1.29, 1.82) is 0 Å². The van der Waals surface area contributed by atoms with Crippen LogP contribution in [0, 0.1) is 0 Å². The smallest absolute Gasteiger partial charge is 0.222 e. The lowest BCUT2D eigenvalue weighted by atomic mass is 10.1. The number of benzene rings is 1. The topological polar surface area (TPSA) is 20.3 Å². The van der Waals surface area contributed by atoms with Crippen LogP contribution in [0.25, 0.3) is 0 Å². The molecule has 0 aromatic heterocycles. The van der Waals surface area contributed by atoms with E-state index in [2.05, 4.69) is 0 Å². The van der Waals surface area contributed by atoms with Crippen LogP contribution in [0.4, 0.5) is 0 Å². The van der Waals surface area contributed by atoms with Crippen molar-refractivity contribution >= 4 is 17.5 Å². The Bertz CT molecular complexity index is 323. The number of hydrogen-bond acceptors (Lipinski definition) is 1. The maximum Gasteiger partial charge on any atom is 0.222 e. The average Bonchev–Trinajstić information content (AvgIpc) is 2.14. The molecule has 0 aliphatic heterocycles. The van der Waals surface area contributed by atoms with E-state index < -0.39 is 0 Å². The molecule has 0 aliphatic rings. The fraction of sp³-hybridized carbons (Fsp3) is 0.364. The lowest BCUT2D eigenvalue weighted by Gasteiger charge is -2.09. The minimum absolute atomic E-state index is 0.143. The first-order valence-corrected chi connectivity index (χ1v) is 4.92. The molecule has 1 aromatic rings. The zero-order valence-corrected chi connectivity index (χ0v) is 9.21. The van der Waals surface area contributed by atoms with Crippen LogP contribution in [-0.2, 0) is 11.2 Å². The molecule has 3 heteroatoms. The standard InChI is InChI=1S/C11H14ClNO/c1-13(2)11(14)7-6-9-4-3-5-10(12)8-9/h3-5,8H,6-7H2,1-2H3. The summed E-state index contributed by atoms with van der Waals surface area (Å²) in [7, 11) is 3.53. The lowest BCUT2D eigenvalue weighted by molar-refractivity contribution is -0.128. The number of nitrogens with zero attached hydrogens (tertiary/aromatic N) is 1. The molecule has 0 radical (unpaired) electrons. The number of carbonyl (C=O) groups is 1. The fourth-order valence-electron chi connectivity index (χ4n) is 1.17. The lowest BCUT2D eigenvalue weighted by Crippen LogP contribution is -2.21. The number of amides is 1. The minimum atomic E-state index is 0.143. The normalized spacial score (nSPS) is 9.93. The summed E-state index contributed by atoms with van der Waals surface area (Å²) in [5, 5.41) is 0.722. The van der Waals surface area contributed by atoms with E-state index in [4.69, 9.17) is 11.6 Å². The highest BCUT2D eigenvalue weighted by Crippen LogP contribution is 2.12. The highest BCUT2D eigenvalue weighted by atomic mass is 35.5. The Balaban J connectivity index is 2.50. The number of carbonyl (C=O) groups excluding carboxylic acids is 1. The summed E-state index contributed by atoms with van der Waals surface area (Å²) in [6.45, 7) is 0. The SMILES string of the molecule is CN(C)C(=O)CCc1cccc(Cl)c1. The summed E-state index contributed by atoms with van der Waals surface area (Å²) in [6.07, 6.45) is 1.28. The highest BCUT2D eigenvalue weighted by molar-refractivity contribution is 6.30. The van der Waals surface area contributed by atoms with Gasteiger partial charge in [0.2, 0.25) is 5.91 Å². The first-order chi connectivity index (χ1) is 6.59. The third-order valence-corrected chi connectivity index (χ3v) is 2.25. The molecule has 0 saturated carbocycles. The van der Waals surface area contributed by atoms with Crippen LogP contribution in [-0.4, -0.2) is 24.9 Å². The van der Waals surface area contributed by atoms with Gasteiger partial charge in [-0.15, -0.1) is 0 Å². The Labute approximate surface area is 89.5 Å². The molecule has 0 aliphatic carbocycles. The van der Waals surface area contributed by atoms with Gasteiger partial charge >= 0.3 is 0 Å².